The van der Waals surface area contributed by atoms with E-state index in [0.29, 0.717) is 19.4 Å². The minimum Gasteiger partial charge on any atom is -0.469 e. The van der Waals surface area contributed by atoms with Crippen molar-refractivity contribution in [3.63, 3.8) is 0 Å². The maximum Gasteiger partial charge on any atom is 0.306 e. The number of likely N-dealkylation sites (tertiary alicyclic amines) is 1. The molecule has 5 atom stereocenters. The number of ether oxygens (including phenoxy) is 1. The maximum absolute atomic E-state index is 13.1. The highest BCUT2D eigenvalue weighted by atomic mass is 35.5. The molecule has 0 bridgehead atoms. The van der Waals surface area contributed by atoms with Gasteiger partial charge in [-0.2, -0.15) is 0 Å². The van der Waals surface area contributed by atoms with Crippen LogP contribution in [0.15, 0.2) is 0 Å². The topological polar surface area (TPSA) is 180 Å². The summed E-state index contributed by atoms with van der Waals surface area (Å²) in [7, 11) is 1.20. The van der Waals surface area contributed by atoms with Crippen LogP contribution in [-0.4, -0.2) is 95.9 Å². The van der Waals surface area contributed by atoms with Gasteiger partial charge in [0.1, 0.15) is 24.2 Å². The lowest BCUT2D eigenvalue weighted by atomic mass is 10.00. The van der Waals surface area contributed by atoms with Crippen LogP contribution in [0, 0.1) is 5.92 Å². The molecule has 13 nitrogen and oxygen atoms in total. The van der Waals surface area contributed by atoms with Gasteiger partial charge in [-0.3, -0.25) is 33.6 Å². The fourth-order valence-electron chi connectivity index (χ4n) is 4.00. The van der Waals surface area contributed by atoms with Crippen molar-refractivity contribution in [1.82, 2.24) is 26.2 Å². The lowest BCUT2D eigenvalue weighted by Gasteiger charge is -2.29. The van der Waals surface area contributed by atoms with Gasteiger partial charge in [0.05, 0.1) is 25.5 Å². The molecule has 0 aromatic carbocycles. The Morgan fingerprint density at radius 2 is 1.41 bits per heavy atom. The molecule has 39 heavy (non-hydrogen) atoms. The first-order valence-electron chi connectivity index (χ1n) is 12.9. The first-order chi connectivity index (χ1) is 18.2. The third-order valence-corrected chi connectivity index (χ3v) is 6.58. The number of Topliss-reactive ketones (excluding diaryl/α,β-unsaturated/α-hetero) is 1. The first-order valence-corrected chi connectivity index (χ1v) is 13.4. The van der Waals surface area contributed by atoms with E-state index >= 15 is 0 Å². The molecule has 0 aromatic rings. The Balaban J connectivity index is 2.66. The molecule has 1 heterocycles. The summed E-state index contributed by atoms with van der Waals surface area (Å²) in [5.41, 5.74) is 0. The van der Waals surface area contributed by atoms with Crippen molar-refractivity contribution in [2.45, 2.75) is 90.5 Å². The number of hydrogen-bond acceptors (Lipinski definition) is 8. The van der Waals surface area contributed by atoms with Crippen molar-refractivity contribution in [3.05, 3.63) is 0 Å². The summed E-state index contributed by atoms with van der Waals surface area (Å²) >= 11 is 5.66. The van der Waals surface area contributed by atoms with Crippen LogP contribution >= 0.6 is 11.6 Å². The van der Waals surface area contributed by atoms with E-state index in [9.17, 15) is 33.6 Å². The van der Waals surface area contributed by atoms with Crippen molar-refractivity contribution in [1.29, 1.82) is 0 Å². The quantitative estimate of drug-likeness (QED) is 0.157. The smallest absolute Gasteiger partial charge is 0.306 e. The Morgan fingerprint density at radius 1 is 0.846 bits per heavy atom. The number of halogens is 1. The molecule has 0 radical (unpaired) electrons. The molecule has 1 aliphatic rings. The summed E-state index contributed by atoms with van der Waals surface area (Å²) in [6.45, 7) is 8.19. The monoisotopic (exact) mass is 573 g/mol. The van der Waals surface area contributed by atoms with Gasteiger partial charge >= 0.3 is 5.97 Å². The van der Waals surface area contributed by atoms with Crippen molar-refractivity contribution in [2.24, 2.45) is 5.92 Å². The molecule has 14 heteroatoms. The fraction of sp³-hybridized carbons (Fsp3) is 0.720. The van der Waals surface area contributed by atoms with Crippen LogP contribution in [0.1, 0.15) is 60.3 Å². The Labute approximate surface area is 233 Å². The molecule has 0 saturated carbocycles. The molecule has 5 amide bonds. The van der Waals surface area contributed by atoms with Gasteiger partial charge in [-0.15, -0.1) is 11.6 Å². The third kappa shape index (κ3) is 10.5. The van der Waals surface area contributed by atoms with Crippen molar-refractivity contribution in [2.75, 3.05) is 19.5 Å². The van der Waals surface area contributed by atoms with E-state index in [1.807, 2.05) is 0 Å². The van der Waals surface area contributed by atoms with E-state index in [4.69, 9.17) is 11.6 Å². The van der Waals surface area contributed by atoms with Crippen molar-refractivity contribution < 1.29 is 38.3 Å². The van der Waals surface area contributed by atoms with Gasteiger partial charge in [-0.25, -0.2) is 0 Å². The number of rotatable bonds is 14. The van der Waals surface area contributed by atoms with E-state index in [-0.39, 0.29) is 30.4 Å². The van der Waals surface area contributed by atoms with Crippen LogP contribution in [-0.2, 0) is 38.3 Å². The van der Waals surface area contributed by atoms with Crippen LogP contribution in [0.3, 0.4) is 0 Å². The van der Waals surface area contributed by atoms with Gasteiger partial charge < -0.3 is 30.9 Å². The number of nitrogens with zero attached hydrogens (tertiary/aromatic N) is 1. The van der Waals surface area contributed by atoms with E-state index in [1.54, 1.807) is 13.8 Å². The largest absolute Gasteiger partial charge is 0.469 e. The van der Waals surface area contributed by atoms with Gasteiger partial charge in [-0.1, -0.05) is 13.8 Å². The van der Waals surface area contributed by atoms with Gasteiger partial charge in [0.2, 0.25) is 29.5 Å². The Morgan fingerprint density at radius 3 is 1.95 bits per heavy atom. The third-order valence-electron chi connectivity index (χ3n) is 6.32. The molecular formula is C25H40ClN5O8. The second-order valence-electron chi connectivity index (χ2n) is 9.85. The summed E-state index contributed by atoms with van der Waals surface area (Å²) in [6, 6.07) is -4.57. The summed E-state index contributed by atoms with van der Waals surface area (Å²) in [4.78, 5) is 87.5. The molecule has 1 saturated heterocycles. The van der Waals surface area contributed by atoms with Crippen LogP contribution in [0.2, 0.25) is 0 Å². The zero-order valence-electron chi connectivity index (χ0n) is 23.3. The van der Waals surface area contributed by atoms with E-state index in [2.05, 4.69) is 26.0 Å². The first kappa shape index (κ1) is 33.8. The molecule has 0 unspecified atom stereocenters. The number of carbonyl (C=O) groups is 7. The van der Waals surface area contributed by atoms with Gasteiger partial charge in [-0.05, 0) is 39.5 Å². The SMILES string of the molecule is COC(=O)CCC(=O)N[C@@H](C)C(=O)N[C@H](C)C(=O)N[C@@H](C)C(=O)N1CCC[C@H]1C(=O)N[C@@H](C(=O)CCl)C(C)C. The van der Waals surface area contributed by atoms with Crippen LogP contribution in [0.4, 0.5) is 0 Å². The molecule has 1 rings (SSSR count). The van der Waals surface area contributed by atoms with Gasteiger partial charge in [0.25, 0.3) is 0 Å². The molecule has 4 N–H and O–H groups in total. The lowest BCUT2D eigenvalue weighted by Crippen LogP contribution is -2.57. The maximum atomic E-state index is 13.1. The number of alkyl halides is 1. The molecule has 0 aliphatic carbocycles. The number of hydrogen-bond donors (Lipinski definition) is 4. The molecular weight excluding hydrogens is 534 g/mol. The second-order valence-corrected chi connectivity index (χ2v) is 10.1. The summed E-state index contributed by atoms with van der Waals surface area (Å²) in [6.07, 6.45) is 0.700. The number of carbonyl (C=O) groups excluding carboxylic acids is 7. The van der Waals surface area contributed by atoms with Crippen molar-refractivity contribution in [3.8, 4) is 0 Å². The number of ketones is 1. The van der Waals surface area contributed by atoms with Crippen LogP contribution in [0.25, 0.3) is 0 Å². The summed E-state index contributed by atoms with van der Waals surface area (Å²) in [5.74, 6) is -4.04. The Hall–Kier alpha value is -3.22. The van der Waals surface area contributed by atoms with Gasteiger partial charge in [0.15, 0.2) is 5.78 Å². The van der Waals surface area contributed by atoms with E-state index < -0.39 is 65.7 Å². The Kier molecular flexibility index (Phi) is 13.9. The highest BCUT2D eigenvalue weighted by Gasteiger charge is 2.38. The normalized spacial score (nSPS) is 17.8. The van der Waals surface area contributed by atoms with Crippen LogP contribution < -0.4 is 21.3 Å². The number of methoxy groups -OCH3 is 1. The molecule has 1 fully saturated rings. The predicted octanol–water partition coefficient (Wildman–Crippen LogP) is -0.607. The molecule has 1 aliphatic heterocycles. The standard InChI is InChI=1S/C25H40ClN5O8/c1-13(2)21(18(32)12-26)30-24(37)17-8-7-11-31(17)25(38)16(5)29-23(36)15(4)28-22(35)14(3)27-19(33)9-10-20(34)39-6/h13-17,21H,7-12H2,1-6H3,(H,27,33)(H,28,35)(H,29,36)(H,30,37)/t14-,15+,16-,17-,21+/m0/s1. The number of nitrogens with one attached hydrogen (secondary N) is 4. The lowest BCUT2D eigenvalue weighted by molar-refractivity contribution is -0.142. The van der Waals surface area contributed by atoms with Gasteiger partial charge in [0, 0.05) is 13.0 Å². The van der Waals surface area contributed by atoms with Crippen LogP contribution in [0.5, 0.6) is 0 Å². The second kappa shape index (κ2) is 16.0. The zero-order chi connectivity index (χ0) is 29.9. The highest BCUT2D eigenvalue weighted by Crippen LogP contribution is 2.19. The fourth-order valence-corrected chi connectivity index (χ4v) is 4.17. The summed E-state index contributed by atoms with van der Waals surface area (Å²) < 4.78 is 4.46. The predicted molar refractivity (Wildman–Crippen MR) is 141 cm³/mol. The molecule has 220 valence electrons. The Bertz CT molecular complexity index is 943. The average molecular weight is 574 g/mol. The molecule has 0 spiro atoms. The number of esters is 1. The molecule has 0 aromatic heterocycles. The highest BCUT2D eigenvalue weighted by molar-refractivity contribution is 6.28. The minimum atomic E-state index is -1.03. The van der Waals surface area contributed by atoms with E-state index in [0.717, 1.165) is 0 Å². The average Bonchev–Trinajstić information content (AvgIpc) is 3.38. The summed E-state index contributed by atoms with van der Waals surface area (Å²) in [5, 5.41) is 10.1. The number of amides is 5. The zero-order valence-corrected chi connectivity index (χ0v) is 24.1. The van der Waals surface area contributed by atoms with Crippen molar-refractivity contribution >= 4 is 52.9 Å². The minimum absolute atomic E-state index is 0.134. The van der Waals surface area contributed by atoms with E-state index in [1.165, 1.54) is 32.8 Å².